The fraction of sp³-hybridized carbons (Fsp3) is 0.667. The van der Waals surface area contributed by atoms with E-state index >= 15 is 0 Å². The molecule has 0 spiro atoms. The van der Waals surface area contributed by atoms with Gasteiger partial charge >= 0.3 is 0 Å². The number of rotatable bonds is 3. The van der Waals surface area contributed by atoms with Gasteiger partial charge in [-0.15, -0.1) is 0 Å². The Kier molecular flexibility index (Phi) is 5.46. The zero-order chi connectivity index (χ0) is 5.54. The molecule has 3 N–H and O–H groups in total. The highest BCUT2D eigenvalue weighted by atomic mass is 14.5. The number of unbranched alkanes of at least 4 members (excludes halogenated alkanes) is 1. The van der Waals surface area contributed by atoms with Gasteiger partial charge in [-0.3, -0.25) is 0 Å². The van der Waals surface area contributed by atoms with Gasteiger partial charge in [-0.25, -0.2) is 0 Å². The fourth-order valence-electron chi connectivity index (χ4n) is 0.429. The molecule has 0 aromatic heterocycles. The molecule has 0 fully saturated rings. The van der Waals surface area contributed by atoms with Crippen molar-refractivity contribution in [2.75, 3.05) is 6.54 Å². The smallest absolute Gasteiger partial charge is 0.0742 e. The first-order chi connectivity index (χ1) is 3.41. The van der Waals surface area contributed by atoms with Gasteiger partial charge in [0, 0.05) is 0 Å². The zero-order valence-corrected chi connectivity index (χ0v) is 4.98. The molecule has 0 rings (SSSR count). The molecule has 0 aliphatic heterocycles. The number of allylic oxidation sites excluding steroid dienone is 2. The van der Waals surface area contributed by atoms with E-state index in [1.165, 1.54) is 12.8 Å². The van der Waals surface area contributed by atoms with Gasteiger partial charge in [0.25, 0.3) is 0 Å². The van der Waals surface area contributed by atoms with Crippen molar-refractivity contribution in [2.45, 2.75) is 19.8 Å². The first-order valence-electron chi connectivity index (χ1n) is 2.82. The third-order valence-corrected chi connectivity index (χ3v) is 0.856. The molecule has 0 aromatic carbocycles. The van der Waals surface area contributed by atoms with Crippen LogP contribution in [0.2, 0.25) is 0 Å². The molecule has 0 atom stereocenters. The largest absolute Gasteiger partial charge is 0.358 e. The van der Waals surface area contributed by atoms with Crippen LogP contribution in [0.3, 0.4) is 0 Å². The van der Waals surface area contributed by atoms with Crippen molar-refractivity contribution >= 4 is 0 Å². The molecule has 0 radical (unpaired) electrons. The molecule has 0 saturated heterocycles. The zero-order valence-electron chi connectivity index (χ0n) is 4.98. The van der Waals surface area contributed by atoms with Crippen molar-refractivity contribution in [3.63, 3.8) is 0 Å². The van der Waals surface area contributed by atoms with Crippen molar-refractivity contribution < 1.29 is 5.73 Å². The maximum atomic E-state index is 3.72. The molecule has 0 aliphatic rings. The summed E-state index contributed by atoms with van der Waals surface area (Å²) in [5.41, 5.74) is 3.72. The van der Waals surface area contributed by atoms with Gasteiger partial charge in [0.15, 0.2) is 0 Å². The number of hydrogen-bond donors (Lipinski definition) is 1. The van der Waals surface area contributed by atoms with Crippen molar-refractivity contribution in [1.82, 2.24) is 0 Å². The predicted octanol–water partition coefficient (Wildman–Crippen LogP) is 0.585. The molecule has 1 nitrogen and oxygen atoms in total. The third-order valence-electron chi connectivity index (χ3n) is 0.856. The lowest BCUT2D eigenvalue weighted by atomic mass is 10.3. The molecule has 0 aliphatic carbocycles. The fourth-order valence-corrected chi connectivity index (χ4v) is 0.429. The molecule has 7 heavy (non-hydrogen) atoms. The lowest BCUT2D eigenvalue weighted by Gasteiger charge is -1.82. The van der Waals surface area contributed by atoms with E-state index in [1.54, 1.807) is 0 Å². The van der Waals surface area contributed by atoms with Crippen LogP contribution >= 0.6 is 0 Å². The highest BCUT2D eigenvalue weighted by molar-refractivity contribution is 4.75. The van der Waals surface area contributed by atoms with Crippen LogP contribution in [-0.4, -0.2) is 6.54 Å². The minimum Gasteiger partial charge on any atom is -0.358 e. The van der Waals surface area contributed by atoms with Crippen LogP contribution in [0.1, 0.15) is 19.8 Å². The van der Waals surface area contributed by atoms with Crippen LogP contribution in [0.15, 0.2) is 12.2 Å². The van der Waals surface area contributed by atoms with Crippen molar-refractivity contribution in [3.05, 3.63) is 12.2 Å². The average molecular weight is 100 g/mol. The van der Waals surface area contributed by atoms with Crippen LogP contribution < -0.4 is 5.73 Å². The van der Waals surface area contributed by atoms with Crippen molar-refractivity contribution in [2.24, 2.45) is 0 Å². The van der Waals surface area contributed by atoms with Gasteiger partial charge in [0.05, 0.1) is 6.54 Å². The quantitative estimate of drug-likeness (QED) is 0.397. The highest BCUT2D eigenvalue weighted by Crippen LogP contribution is 1.84. The molecule has 42 valence electrons. The second-order valence-electron chi connectivity index (χ2n) is 1.56. The Labute approximate surface area is 45.2 Å². The van der Waals surface area contributed by atoms with Crippen LogP contribution in [0.4, 0.5) is 0 Å². The standard InChI is InChI=1S/C6H13N/c1-2-3-4-5-6-7/h2-3H,4-7H2,1H3/p+1. The Bertz CT molecular complexity index is 48.1. The summed E-state index contributed by atoms with van der Waals surface area (Å²) in [5.74, 6) is 0. The first-order valence-corrected chi connectivity index (χ1v) is 2.82. The molecule has 0 saturated carbocycles. The number of quaternary nitrogens is 1. The molecule has 0 heterocycles. The molecule has 1 heteroatoms. The van der Waals surface area contributed by atoms with Gasteiger partial charge < -0.3 is 5.73 Å². The number of hydrogen-bond acceptors (Lipinski definition) is 0. The van der Waals surface area contributed by atoms with E-state index < -0.39 is 0 Å². The maximum absolute atomic E-state index is 3.72. The SMILES string of the molecule is CC=CCCC[NH3+]. The minimum absolute atomic E-state index is 1.06. The summed E-state index contributed by atoms with van der Waals surface area (Å²) in [6.07, 6.45) is 6.67. The Morgan fingerprint density at radius 2 is 2.29 bits per heavy atom. The van der Waals surface area contributed by atoms with Crippen LogP contribution in [-0.2, 0) is 0 Å². The summed E-state index contributed by atoms with van der Waals surface area (Å²) in [7, 11) is 0. The van der Waals surface area contributed by atoms with E-state index in [9.17, 15) is 0 Å². The van der Waals surface area contributed by atoms with Crippen molar-refractivity contribution in [3.8, 4) is 0 Å². The van der Waals surface area contributed by atoms with Crippen LogP contribution in [0.5, 0.6) is 0 Å². The lowest BCUT2D eigenvalue weighted by molar-refractivity contribution is -0.368. The summed E-state index contributed by atoms with van der Waals surface area (Å²) in [6.45, 7) is 3.10. The normalized spacial score (nSPS) is 10.6. The van der Waals surface area contributed by atoms with Crippen LogP contribution in [0, 0.1) is 0 Å². The average Bonchev–Trinajstić information content (AvgIpc) is 1.69. The summed E-state index contributed by atoms with van der Waals surface area (Å²) >= 11 is 0. The monoisotopic (exact) mass is 100 g/mol. The minimum atomic E-state index is 1.06. The molecular formula is C6H14N+. The predicted molar refractivity (Wildman–Crippen MR) is 31.8 cm³/mol. The second-order valence-corrected chi connectivity index (χ2v) is 1.56. The molecule has 0 bridgehead atoms. The molecular weight excluding hydrogens is 86.1 g/mol. The van der Waals surface area contributed by atoms with E-state index in [1.807, 2.05) is 6.92 Å². The Morgan fingerprint density at radius 3 is 2.71 bits per heavy atom. The summed E-state index contributed by atoms with van der Waals surface area (Å²) in [4.78, 5) is 0. The lowest BCUT2D eigenvalue weighted by Crippen LogP contribution is -2.49. The Hall–Kier alpha value is -0.300. The molecule has 0 unspecified atom stereocenters. The topological polar surface area (TPSA) is 27.6 Å². The van der Waals surface area contributed by atoms with Crippen LogP contribution in [0.25, 0.3) is 0 Å². The van der Waals surface area contributed by atoms with Gasteiger partial charge in [-0.2, -0.15) is 0 Å². The van der Waals surface area contributed by atoms with Gasteiger partial charge in [-0.1, -0.05) is 12.2 Å². The van der Waals surface area contributed by atoms with Gasteiger partial charge in [-0.05, 0) is 19.8 Å². The first kappa shape index (κ1) is 6.70. The van der Waals surface area contributed by atoms with E-state index in [0.29, 0.717) is 0 Å². The second kappa shape index (κ2) is 5.70. The van der Waals surface area contributed by atoms with E-state index in [0.717, 1.165) is 6.54 Å². The maximum Gasteiger partial charge on any atom is 0.0742 e. The summed E-state index contributed by atoms with van der Waals surface area (Å²) in [5, 5.41) is 0. The molecule has 0 amide bonds. The van der Waals surface area contributed by atoms with E-state index in [4.69, 9.17) is 0 Å². The van der Waals surface area contributed by atoms with Gasteiger partial charge in [0.2, 0.25) is 0 Å². The van der Waals surface area contributed by atoms with E-state index in [-0.39, 0.29) is 0 Å². The Balaban J connectivity index is 2.69. The highest BCUT2D eigenvalue weighted by Gasteiger charge is 1.75. The Morgan fingerprint density at radius 1 is 1.57 bits per heavy atom. The van der Waals surface area contributed by atoms with Gasteiger partial charge in [0.1, 0.15) is 0 Å². The molecule has 0 aromatic rings. The summed E-state index contributed by atoms with van der Waals surface area (Å²) < 4.78 is 0. The van der Waals surface area contributed by atoms with E-state index in [2.05, 4.69) is 17.9 Å². The summed E-state index contributed by atoms with van der Waals surface area (Å²) in [6, 6.07) is 0. The van der Waals surface area contributed by atoms with Crippen molar-refractivity contribution in [1.29, 1.82) is 0 Å². The third kappa shape index (κ3) is 5.70.